The highest BCUT2D eigenvalue weighted by Crippen LogP contribution is 2.22. The number of benzene rings is 1. The third-order valence-corrected chi connectivity index (χ3v) is 5.17. The van der Waals surface area contributed by atoms with Crippen LogP contribution in [0.15, 0.2) is 66.4 Å². The Kier molecular flexibility index (Phi) is 4.99. The van der Waals surface area contributed by atoms with Gasteiger partial charge in [-0.1, -0.05) is 18.2 Å². The van der Waals surface area contributed by atoms with Crippen molar-refractivity contribution in [3.8, 4) is 27.8 Å². The summed E-state index contributed by atoms with van der Waals surface area (Å²) in [5.41, 5.74) is 2.55. The normalized spacial score (nSPS) is 10.8. The van der Waals surface area contributed by atoms with Crippen molar-refractivity contribution in [1.29, 1.82) is 0 Å². The fourth-order valence-electron chi connectivity index (χ4n) is 2.80. The number of pyridine rings is 1. The van der Waals surface area contributed by atoms with Gasteiger partial charge in [0, 0.05) is 23.3 Å². The van der Waals surface area contributed by atoms with Crippen molar-refractivity contribution in [2.75, 3.05) is 0 Å². The fourth-order valence-corrected chi connectivity index (χ4v) is 3.54. The lowest BCUT2D eigenvalue weighted by Gasteiger charge is -1.99. The smallest absolute Gasteiger partial charge is 0.271 e. The number of aromatic amines is 1. The zero-order valence-electron chi connectivity index (χ0n) is 16.0. The first-order valence-electron chi connectivity index (χ1n) is 9.30. The molecule has 0 aliphatic heterocycles. The number of aromatic nitrogens is 8. The van der Waals surface area contributed by atoms with E-state index in [1.807, 2.05) is 42.5 Å². The van der Waals surface area contributed by atoms with E-state index < -0.39 is 0 Å². The van der Waals surface area contributed by atoms with Crippen molar-refractivity contribution >= 4 is 17.2 Å². The zero-order chi connectivity index (χ0) is 21.0. The minimum atomic E-state index is -0.308. The van der Waals surface area contributed by atoms with E-state index in [9.17, 15) is 4.79 Å². The second kappa shape index (κ2) is 8.24. The maximum absolute atomic E-state index is 12.5. The molecular weight excluding hydrogens is 414 g/mol. The van der Waals surface area contributed by atoms with E-state index in [4.69, 9.17) is 0 Å². The summed E-state index contributed by atoms with van der Waals surface area (Å²) in [7, 11) is 0. The monoisotopic (exact) mass is 429 g/mol. The maximum Gasteiger partial charge on any atom is 0.271 e. The number of hydrogen-bond donors (Lipinski definition) is 2. The van der Waals surface area contributed by atoms with Gasteiger partial charge in [0.25, 0.3) is 5.91 Å². The molecule has 0 saturated carbocycles. The van der Waals surface area contributed by atoms with Gasteiger partial charge in [0.05, 0.1) is 18.4 Å². The molecule has 0 bridgehead atoms. The molecule has 0 aliphatic rings. The number of rotatable bonds is 6. The Labute approximate surface area is 180 Å². The van der Waals surface area contributed by atoms with Gasteiger partial charge in [-0.15, -0.1) is 16.4 Å². The summed E-state index contributed by atoms with van der Waals surface area (Å²) in [5.74, 6) is 0.750. The molecule has 0 saturated heterocycles. The van der Waals surface area contributed by atoms with Crippen LogP contribution in [0.3, 0.4) is 0 Å². The highest BCUT2D eigenvalue weighted by molar-refractivity contribution is 7.13. The number of H-pyrrole nitrogens is 1. The molecule has 5 aromatic rings. The highest BCUT2D eigenvalue weighted by Gasteiger charge is 2.15. The third kappa shape index (κ3) is 4.07. The summed E-state index contributed by atoms with van der Waals surface area (Å²) in [4.78, 5) is 26.8. The van der Waals surface area contributed by atoms with Gasteiger partial charge in [-0.2, -0.15) is 15.0 Å². The van der Waals surface area contributed by atoms with E-state index in [-0.39, 0.29) is 12.5 Å². The molecule has 0 aliphatic carbocycles. The average Bonchev–Trinajstić information content (AvgIpc) is 3.59. The van der Waals surface area contributed by atoms with Gasteiger partial charge in [-0.25, -0.2) is 9.97 Å². The summed E-state index contributed by atoms with van der Waals surface area (Å²) in [6.07, 6.45) is 4.99. The minimum Gasteiger partial charge on any atom is -0.343 e. The molecule has 2 N–H and O–H groups in total. The molecule has 5 rings (SSSR count). The Morgan fingerprint density at radius 1 is 1.10 bits per heavy atom. The summed E-state index contributed by atoms with van der Waals surface area (Å²) in [6.45, 7) is 0.198. The fraction of sp³-hybridized carbons (Fsp3) is 0.0500. The van der Waals surface area contributed by atoms with Crippen LogP contribution in [0.1, 0.15) is 16.3 Å². The van der Waals surface area contributed by atoms with Crippen LogP contribution in [-0.4, -0.2) is 46.1 Å². The number of nitrogens with one attached hydrogen (secondary N) is 2. The van der Waals surface area contributed by atoms with Crippen LogP contribution >= 0.6 is 11.3 Å². The van der Waals surface area contributed by atoms with Crippen molar-refractivity contribution in [2.24, 2.45) is 0 Å². The van der Waals surface area contributed by atoms with Crippen LogP contribution in [0.4, 0.5) is 0 Å². The quantitative estimate of drug-likeness (QED) is 0.424. The first-order chi connectivity index (χ1) is 15.3. The molecule has 4 aromatic heterocycles. The molecule has 0 spiro atoms. The third-order valence-electron chi connectivity index (χ3n) is 4.30. The highest BCUT2D eigenvalue weighted by atomic mass is 32.1. The van der Waals surface area contributed by atoms with E-state index in [1.54, 1.807) is 24.0 Å². The second-order valence-electron chi connectivity index (χ2n) is 6.42. The lowest BCUT2D eigenvalue weighted by Crippen LogP contribution is -2.23. The summed E-state index contributed by atoms with van der Waals surface area (Å²) in [6, 6.07) is 13.3. The van der Waals surface area contributed by atoms with Gasteiger partial charge in [0.2, 0.25) is 0 Å². The van der Waals surface area contributed by atoms with Crippen molar-refractivity contribution in [1.82, 2.24) is 45.5 Å². The van der Waals surface area contributed by atoms with Gasteiger partial charge < -0.3 is 5.32 Å². The SMILES string of the molecule is O=C(NCc1nc(-c2cccnc2)n[nH]1)c1csc(-c2cnn(-c3ccccc3)n2)n1. The van der Waals surface area contributed by atoms with Crippen molar-refractivity contribution in [2.45, 2.75) is 6.54 Å². The Morgan fingerprint density at radius 2 is 2.00 bits per heavy atom. The Bertz CT molecular complexity index is 1310. The topological polar surface area (TPSA) is 127 Å². The van der Waals surface area contributed by atoms with Crippen LogP contribution in [0.2, 0.25) is 0 Å². The predicted molar refractivity (Wildman–Crippen MR) is 113 cm³/mol. The molecule has 1 aromatic carbocycles. The van der Waals surface area contributed by atoms with E-state index in [0.717, 1.165) is 11.3 Å². The van der Waals surface area contributed by atoms with E-state index >= 15 is 0 Å². The molecule has 0 fully saturated rings. The molecule has 0 radical (unpaired) electrons. The number of carbonyl (C=O) groups excluding carboxylic acids is 1. The number of thiazole rings is 1. The average molecular weight is 429 g/mol. The zero-order valence-corrected chi connectivity index (χ0v) is 16.8. The number of hydrogen-bond acceptors (Lipinski definition) is 8. The molecule has 11 heteroatoms. The van der Waals surface area contributed by atoms with Gasteiger partial charge in [-0.05, 0) is 24.3 Å². The van der Waals surface area contributed by atoms with Crippen LogP contribution in [0.25, 0.3) is 27.8 Å². The van der Waals surface area contributed by atoms with Gasteiger partial charge in [0.1, 0.15) is 22.2 Å². The molecule has 0 atom stereocenters. The lowest BCUT2D eigenvalue weighted by atomic mass is 10.3. The molecular formula is C20H15N9OS. The first kappa shape index (κ1) is 18.8. The number of carbonyl (C=O) groups is 1. The molecule has 0 unspecified atom stereocenters. The summed E-state index contributed by atoms with van der Waals surface area (Å²) in [5, 5.41) is 20.8. The van der Waals surface area contributed by atoms with Gasteiger partial charge in [0.15, 0.2) is 5.82 Å². The van der Waals surface area contributed by atoms with Gasteiger partial charge in [-0.3, -0.25) is 14.9 Å². The van der Waals surface area contributed by atoms with Crippen LogP contribution in [0.5, 0.6) is 0 Å². The molecule has 31 heavy (non-hydrogen) atoms. The molecule has 152 valence electrons. The van der Waals surface area contributed by atoms with Crippen LogP contribution < -0.4 is 5.32 Å². The Morgan fingerprint density at radius 3 is 2.84 bits per heavy atom. The number of amides is 1. The predicted octanol–water partition coefficient (Wildman–Crippen LogP) is 2.50. The minimum absolute atomic E-state index is 0.198. The Balaban J connectivity index is 1.24. The standard InChI is InChI=1S/C20H15N9OS/c30-19(22-11-17-25-18(27-26-17)13-5-4-8-21-9-13)16-12-31-20(24-16)15-10-23-29(28-15)14-6-2-1-3-7-14/h1-10,12H,11H2,(H,22,30)(H,25,26,27). The number of nitrogens with zero attached hydrogens (tertiary/aromatic N) is 7. The summed E-state index contributed by atoms with van der Waals surface area (Å²) < 4.78 is 0. The first-order valence-corrected chi connectivity index (χ1v) is 10.2. The van der Waals surface area contributed by atoms with Gasteiger partial charge >= 0.3 is 0 Å². The Hall–Kier alpha value is -4.25. The molecule has 4 heterocycles. The van der Waals surface area contributed by atoms with E-state index in [2.05, 4.69) is 40.7 Å². The number of para-hydroxylation sites is 1. The van der Waals surface area contributed by atoms with Crippen molar-refractivity contribution < 1.29 is 4.79 Å². The van der Waals surface area contributed by atoms with Crippen LogP contribution in [0, 0.1) is 0 Å². The maximum atomic E-state index is 12.5. The van der Waals surface area contributed by atoms with E-state index in [1.165, 1.54) is 16.1 Å². The van der Waals surface area contributed by atoms with E-state index in [0.29, 0.717) is 28.0 Å². The lowest BCUT2D eigenvalue weighted by molar-refractivity contribution is 0.0945. The largest absolute Gasteiger partial charge is 0.343 e. The molecule has 10 nitrogen and oxygen atoms in total. The summed E-state index contributed by atoms with van der Waals surface area (Å²) >= 11 is 1.33. The van der Waals surface area contributed by atoms with Crippen LogP contribution in [-0.2, 0) is 6.54 Å². The second-order valence-corrected chi connectivity index (χ2v) is 7.28. The van der Waals surface area contributed by atoms with Crippen molar-refractivity contribution in [3.63, 3.8) is 0 Å². The van der Waals surface area contributed by atoms with Crippen molar-refractivity contribution in [3.05, 3.63) is 78.0 Å². The molecule has 1 amide bonds.